The van der Waals surface area contributed by atoms with Crippen LogP contribution in [0, 0.1) is 12.8 Å². The first-order chi connectivity index (χ1) is 13.6. The Morgan fingerprint density at radius 3 is 2.89 bits per heavy atom. The summed E-state index contributed by atoms with van der Waals surface area (Å²) in [5.74, 6) is 0.298. The summed E-state index contributed by atoms with van der Waals surface area (Å²) in [4.78, 5) is 30.5. The number of nitrogens with one attached hydrogen (secondary N) is 1. The summed E-state index contributed by atoms with van der Waals surface area (Å²) in [5.41, 5.74) is 0.849. The number of aromatic nitrogens is 4. The molecule has 1 aromatic carbocycles. The average molecular weight is 398 g/mol. The molecule has 1 atom stereocenters. The smallest absolute Gasteiger partial charge is 0.257 e. The van der Waals surface area contributed by atoms with Gasteiger partial charge in [-0.2, -0.15) is 4.98 Å². The predicted molar refractivity (Wildman–Crippen MR) is 102 cm³/mol. The number of rotatable bonds is 6. The summed E-state index contributed by atoms with van der Waals surface area (Å²) < 4.78 is 5.25. The van der Waals surface area contributed by atoms with Crippen LogP contribution >= 0.6 is 11.3 Å². The number of aryl methyl sites for hydroxylation is 1. The van der Waals surface area contributed by atoms with Gasteiger partial charge in [0, 0.05) is 31.5 Å². The normalized spacial score (nSPS) is 16.5. The molecule has 28 heavy (non-hydrogen) atoms. The molecule has 0 saturated carbocycles. The molecule has 10 heteroatoms. The Hall–Kier alpha value is -3.14. The van der Waals surface area contributed by atoms with Crippen LogP contribution in [-0.2, 0) is 16.0 Å². The number of nitrogens with zero attached hydrogens (tertiary/aromatic N) is 5. The van der Waals surface area contributed by atoms with Crippen molar-refractivity contribution in [2.75, 3.05) is 18.0 Å². The molecule has 2 amide bonds. The van der Waals surface area contributed by atoms with Gasteiger partial charge < -0.3 is 9.84 Å². The summed E-state index contributed by atoms with van der Waals surface area (Å²) >= 11 is 1.34. The molecule has 0 bridgehead atoms. The molecule has 2 aromatic heterocycles. The van der Waals surface area contributed by atoms with E-state index >= 15 is 0 Å². The molecule has 1 aliphatic heterocycles. The lowest BCUT2D eigenvalue weighted by Crippen LogP contribution is -2.34. The second-order valence-corrected chi connectivity index (χ2v) is 7.59. The van der Waals surface area contributed by atoms with Crippen molar-refractivity contribution in [1.29, 1.82) is 0 Å². The van der Waals surface area contributed by atoms with Crippen molar-refractivity contribution < 1.29 is 14.1 Å². The lowest BCUT2D eigenvalue weighted by molar-refractivity contribution is -0.126. The van der Waals surface area contributed by atoms with Crippen LogP contribution in [0.2, 0.25) is 0 Å². The van der Waals surface area contributed by atoms with Gasteiger partial charge in [0.1, 0.15) is 5.01 Å². The molecule has 1 saturated heterocycles. The van der Waals surface area contributed by atoms with Gasteiger partial charge in [-0.3, -0.25) is 14.5 Å². The van der Waals surface area contributed by atoms with Crippen LogP contribution < -0.4 is 10.2 Å². The largest absolute Gasteiger partial charge is 0.355 e. The van der Waals surface area contributed by atoms with E-state index in [-0.39, 0.29) is 18.2 Å². The lowest BCUT2D eigenvalue weighted by Gasteiger charge is -2.12. The number of benzene rings is 1. The van der Waals surface area contributed by atoms with Gasteiger partial charge in [-0.1, -0.05) is 34.7 Å². The average Bonchev–Trinajstić information content (AvgIpc) is 3.42. The van der Waals surface area contributed by atoms with Gasteiger partial charge in [-0.15, -0.1) is 10.2 Å². The van der Waals surface area contributed by atoms with Crippen LogP contribution in [0.4, 0.5) is 5.13 Å². The molecule has 3 aromatic rings. The highest BCUT2D eigenvalue weighted by Crippen LogP contribution is 2.27. The predicted octanol–water partition coefficient (Wildman–Crippen LogP) is 1.61. The van der Waals surface area contributed by atoms with Crippen LogP contribution in [0.15, 0.2) is 34.9 Å². The van der Waals surface area contributed by atoms with Crippen LogP contribution in [-0.4, -0.2) is 45.2 Å². The Balaban J connectivity index is 1.28. The topological polar surface area (TPSA) is 114 Å². The third-order valence-electron chi connectivity index (χ3n) is 4.38. The van der Waals surface area contributed by atoms with Gasteiger partial charge in [0.05, 0.1) is 5.92 Å². The van der Waals surface area contributed by atoms with Crippen molar-refractivity contribution in [3.63, 3.8) is 0 Å². The molecule has 3 heterocycles. The first kappa shape index (κ1) is 18.2. The fraction of sp³-hybridized carbons (Fsp3) is 0.333. The first-order valence-electron chi connectivity index (χ1n) is 8.86. The van der Waals surface area contributed by atoms with E-state index in [2.05, 4.69) is 25.7 Å². The van der Waals surface area contributed by atoms with E-state index in [4.69, 9.17) is 4.52 Å². The highest BCUT2D eigenvalue weighted by atomic mass is 32.1. The van der Waals surface area contributed by atoms with Gasteiger partial charge in [0.25, 0.3) is 5.89 Å². The molecule has 1 unspecified atom stereocenters. The zero-order valence-electron chi connectivity index (χ0n) is 15.2. The molecule has 4 rings (SSSR count). The van der Waals surface area contributed by atoms with Crippen LogP contribution in [0.25, 0.3) is 11.5 Å². The van der Waals surface area contributed by atoms with E-state index in [0.29, 0.717) is 36.4 Å². The summed E-state index contributed by atoms with van der Waals surface area (Å²) in [6, 6.07) is 9.49. The number of amides is 2. The maximum atomic E-state index is 12.4. The Bertz CT molecular complexity index is 986. The minimum absolute atomic E-state index is 0.109. The highest BCUT2D eigenvalue weighted by Gasteiger charge is 2.36. The minimum atomic E-state index is -0.401. The van der Waals surface area contributed by atoms with Crippen LogP contribution in [0.3, 0.4) is 0 Å². The Labute approximate surface area is 164 Å². The van der Waals surface area contributed by atoms with Crippen molar-refractivity contribution in [2.45, 2.75) is 19.8 Å². The van der Waals surface area contributed by atoms with Gasteiger partial charge >= 0.3 is 0 Å². The maximum absolute atomic E-state index is 12.4. The second-order valence-electron chi connectivity index (χ2n) is 6.43. The fourth-order valence-corrected chi connectivity index (χ4v) is 3.67. The molecular weight excluding hydrogens is 380 g/mol. The Morgan fingerprint density at radius 2 is 2.14 bits per heavy atom. The van der Waals surface area contributed by atoms with Gasteiger partial charge in [0.15, 0.2) is 5.82 Å². The van der Waals surface area contributed by atoms with E-state index in [1.807, 2.05) is 37.3 Å². The fourth-order valence-electron chi connectivity index (χ4n) is 2.96. The second kappa shape index (κ2) is 7.85. The highest BCUT2D eigenvalue weighted by molar-refractivity contribution is 7.15. The summed E-state index contributed by atoms with van der Waals surface area (Å²) in [7, 11) is 0. The molecule has 0 spiro atoms. The lowest BCUT2D eigenvalue weighted by atomic mass is 10.1. The Kier molecular flexibility index (Phi) is 5.11. The summed E-state index contributed by atoms with van der Waals surface area (Å²) in [6.45, 7) is 2.52. The number of carbonyl (C=O) groups excluding carboxylic acids is 2. The standard InChI is InChI=1S/C18H18N6O3S/c1-11-21-22-18(28-11)24-10-13(9-15(24)25)16(26)19-8-7-14-20-17(27-23-14)12-5-3-2-4-6-12/h2-6,13H,7-10H2,1H3,(H,19,26). The molecule has 9 nitrogen and oxygen atoms in total. The van der Waals surface area contributed by atoms with Crippen LogP contribution in [0.1, 0.15) is 17.3 Å². The molecule has 144 valence electrons. The van der Waals surface area contributed by atoms with E-state index in [1.165, 1.54) is 16.2 Å². The molecular formula is C18H18N6O3S. The van der Waals surface area contributed by atoms with Gasteiger partial charge in [-0.25, -0.2) is 0 Å². The third kappa shape index (κ3) is 3.91. The van der Waals surface area contributed by atoms with Gasteiger partial charge in [0.2, 0.25) is 16.9 Å². The van der Waals surface area contributed by atoms with Crippen molar-refractivity contribution >= 4 is 28.3 Å². The number of hydrogen-bond donors (Lipinski definition) is 1. The molecule has 1 fully saturated rings. The number of anilines is 1. The number of carbonyl (C=O) groups is 2. The summed E-state index contributed by atoms with van der Waals surface area (Å²) in [5, 5.41) is 16.0. The zero-order valence-corrected chi connectivity index (χ0v) is 16.0. The van der Waals surface area contributed by atoms with Crippen molar-refractivity contribution in [3.8, 4) is 11.5 Å². The minimum Gasteiger partial charge on any atom is -0.355 e. The monoisotopic (exact) mass is 398 g/mol. The first-order valence-corrected chi connectivity index (χ1v) is 9.68. The zero-order chi connectivity index (χ0) is 19.5. The van der Waals surface area contributed by atoms with Crippen molar-refractivity contribution in [2.24, 2.45) is 5.92 Å². The number of hydrogen-bond acceptors (Lipinski definition) is 8. The van der Waals surface area contributed by atoms with Gasteiger partial charge in [-0.05, 0) is 19.1 Å². The molecule has 0 aliphatic carbocycles. The summed E-state index contributed by atoms with van der Waals surface area (Å²) in [6.07, 6.45) is 0.618. The van der Waals surface area contributed by atoms with Crippen molar-refractivity contribution in [3.05, 3.63) is 41.2 Å². The molecule has 0 radical (unpaired) electrons. The molecule has 1 N–H and O–H groups in total. The SMILES string of the molecule is Cc1nnc(N2CC(C(=O)NCCc3noc(-c4ccccc4)n3)CC2=O)s1. The van der Waals surface area contributed by atoms with E-state index in [1.54, 1.807) is 0 Å². The Morgan fingerprint density at radius 1 is 1.32 bits per heavy atom. The van der Waals surface area contributed by atoms with E-state index < -0.39 is 5.92 Å². The van der Waals surface area contributed by atoms with Crippen LogP contribution in [0.5, 0.6) is 0 Å². The van der Waals surface area contributed by atoms with E-state index in [0.717, 1.165) is 10.6 Å². The third-order valence-corrected chi connectivity index (χ3v) is 5.24. The molecule has 1 aliphatic rings. The maximum Gasteiger partial charge on any atom is 0.257 e. The van der Waals surface area contributed by atoms with Crippen molar-refractivity contribution in [1.82, 2.24) is 25.7 Å². The van der Waals surface area contributed by atoms with E-state index in [9.17, 15) is 9.59 Å². The quantitative estimate of drug-likeness (QED) is 0.671.